The largest absolute Gasteiger partial charge is 0.362 e. The van der Waals surface area contributed by atoms with Crippen LogP contribution in [0.1, 0.15) is 17.2 Å². The molecule has 0 saturated carbocycles. The van der Waals surface area contributed by atoms with Crippen molar-refractivity contribution in [2.24, 2.45) is 0 Å². The zero-order chi connectivity index (χ0) is 11.9. The minimum absolute atomic E-state index is 0.548. The molecule has 18 heavy (non-hydrogen) atoms. The lowest BCUT2D eigenvalue weighted by molar-refractivity contribution is 0.694. The summed E-state index contributed by atoms with van der Waals surface area (Å²) in [4.78, 5) is 4.08. The molecule has 2 aromatic carbocycles. The number of rotatable bonds is 1. The Bertz CT molecular complexity index is 579. The first kappa shape index (κ1) is 10.5. The van der Waals surface area contributed by atoms with Crippen LogP contribution in [0.5, 0.6) is 0 Å². The number of benzene rings is 2. The normalized spacial score (nSPS) is 20.9. The number of hydrogen-bond donors (Lipinski definition) is 0. The van der Waals surface area contributed by atoms with Crippen molar-refractivity contribution in [3.63, 3.8) is 0 Å². The lowest BCUT2D eigenvalue weighted by Gasteiger charge is -2.35. The molecular formula is C16H15NS. The van der Waals surface area contributed by atoms with Crippen LogP contribution in [0, 0.1) is 0 Å². The Kier molecular flexibility index (Phi) is 2.37. The standard InChI is InChI=1S/C16H15NS/c1-2-5-12(6-3-1)14-11-18-15-8-4-7-13-9-10-17(14)16(13)15/h1-8,14H,9-11H2. The summed E-state index contributed by atoms with van der Waals surface area (Å²) in [5, 5.41) is 0. The van der Waals surface area contributed by atoms with Gasteiger partial charge < -0.3 is 4.90 Å². The maximum atomic E-state index is 2.61. The van der Waals surface area contributed by atoms with Gasteiger partial charge in [0.2, 0.25) is 0 Å². The average molecular weight is 253 g/mol. The summed E-state index contributed by atoms with van der Waals surface area (Å²) in [5.74, 6) is 1.17. The fourth-order valence-corrected chi connectivity index (χ4v) is 4.36. The maximum absolute atomic E-state index is 2.61. The Balaban J connectivity index is 1.80. The molecular weight excluding hydrogens is 238 g/mol. The predicted molar refractivity (Wildman–Crippen MR) is 77.4 cm³/mol. The summed E-state index contributed by atoms with van der Waals surface area (Å²) in [6, 6.07) is 18.2. The summed E-state index contributed by atoms with van der Waals surface area (Å²) >= 11 is 2.01. The van der Waals surface area contributed by atoms with Crippen molar-refractivity contribution in [1.29, 1.82) is 0 Å². The van der Waals surface area contributed by atoms with E-state index in [0.717, 1.165) is 0 Å². The van der Waals surface area contributed by atoms with Crippen LogP contribution in [0.25, 0.3) is 0 Å². The van der Waals surface area contributed by atoms with Crippen LogP contribution in [0.3, 0.4) is 0 Å². The van der Waals surface area contributed by atoms with Crippen molar-refractivity contribution in [2.45, 2.75) is 17.4 Å². The van der Waals surface area contributed by atoms with Crippen molar-refractivity contribution in [1.82, 2.24) is 0 Å². The highest BCUT2D eigenvalue weighted by Gasteiger charge is 2.33. The molecule has 2 heterocycles. The van der Waals surface area contributed by atoms with Gasteiger partial charge in [0.05, 0.1) is 11.7 Å². The molecule has 0 spiro atoms. The Labute approximate surface area is 112 Å². The van der Waals surface area contributed by atoms with Crippen LogP contribution in [0.15, 0.2) is 53.4 Å². The van der Waals surface area contributed by atoms with E-state index in [9.17, 15) is 0 Å². The molecule has 0 fully saturated rings. The summed E-state index contributed by atoms with van der Waals surface area (Å²) in [6.45, 7) is 1.17. The molecule has 90 valence electrons. The van der Waals surface area contributed by atoms with Crippen molar-refractivity contribution in [3.8, 4) is 0 Å². The van der Waals surface area contributed by atoms with E-state index in [4.69, 9.17) is 0 Å². The highest BCUT2D eigenvalue weighted by atomic mass is 32.2. The summed E-state index contributed by atoms with van der Waals surface area (Å²) in [5.41, 5.74) is 4.48. The minimum atomic E-state index is 0.548. The molecule has 1 atom stereocenters. The van der Waals surface area contributed by atoms with Gasteiger partial charge in [0.1, 0.15) is 0 Å². The summed E-state index contributed by atoms with van der Waals surface area (Å²) < 4.78 is 0. The molecule has 2 aliphatic rings. The van der Waals surface area contributed by atoms with Gasteiger partial charge in [-0.05, 0) is 23.6 Å². The number of hydrogen-bond acceptors (Lipinski definition) is 2. The van der Waals surface area contributed by atoms with Crippen molar-refractivity contribution >= 4 is 17.4 Å². The van der Waals surface area contributed by atoms with Gasteiger partial charge in [0.25, 0.3) is 0 Å². The zero-order valence-electron chi connectivity index (χ0n) is 10.2. The lowest BCUT2D eigenvalue weighted by Crippen LogP contribution is -2.31. The number of nitrogens with zero attached hydrogens (tertiary/aromatic N) is 1. The van der Waals surface area contributed by atoms with E-state index in [-0.39, 0.29) is 0 Å². The fourth-order valence-electron chi connectivity index (χ4n) is 3.09. The Morgan fingerprint density at radius 1 is 1.00 bits per heavy atom. The van der Waals surface area contributed by atoms with Gasteiger partial charge in [-0.3, -0.25) is 0 Å². The van der Waals surface area contributed by atoms with Crippen LogP contribution in [-0.2, 0) is 6.42 Å². The Hall–Kier alpha value is -1.41. The van der Waals surface area contributed by atoms with Crippen molar-refractivity contribution in [2.75, 3.05) is 17.2 Å². The van der Waals surface area contributed by atoms with Crippen LogP contribution in [0.4, 0.5) is 5.69 Å². The monoisotopic (exact) mass is 253 g/mol. The topological polar surface area (TPSA) is 3.24 Å². The molecule has 0 amide bonds. The van der Waals surface area contributed by atoms with E-state index in [1.54, 1.807) is 0 Å². The quantitative estimate of drug-likeness (QED) is 0.758. The molecule has 0 N–H and O–H groups in total. The third kappa shape index (κ3) is 1.49. The molecule has 2 heteroatoms. The molecule has 0 saturated heterocycles. The highest BCUT2D eigenvalue weighted by Crippen LogP contribution is 2.47. The lowest BCUT2D eigenvalue weighted by atomic mass is 10.1. The Morgan fingerprint density at radius 2 is 1.89 bits per heavy atom. The number of thioether (sulfide) groups is 1. The molecule has 0 bridgehead atoms. The van der Waals surface area contributed by atoms with Gasteiger partial charge in [-0.15, -0.1) is 11.8 Å². The first-order valence-corrected chi connectivity index (χ1v) is 7.48. The van der Waals surface area contributed by atoms with E-state index in [1.807, 2.05) is 11.8 Å². The molecule has 0 aliphatic carbocycles. The Morgan fingerprint density at radius 3 is 2.78 bits per heavy atom. The zero-order valence-corrected chi connectivity index (χ0v) is 11.0. The maximum Gasteiger partial charge on any atom is 0.0636 e. The average Bonchev–Trinajstić information content (AvgIpc) is 2.87. The van der Waals surface area contributed by atoms with Crippen LogP contribution in [0.2, 0.25) is 0 Å². The van der Waals surface area contributed by atoms with Crippen LogP contribution < -0.4 is 4.90 Å². The fraction of sp³-hybridized carbons (Fsp3) is 0.250. The molecule has 2 aliphatic heterocycles. The molecule has 0 aromatic heterocycles. The second-order valence-corrected chi connectivity index (χ2v) is 6.01. The molecule has 2 aromatic rings. The highest BCUT2D eigenvalue weighted by molar-refractivity contribution is 7.99. The van der Waals surface area contributed by atoms with Crippen LogP contribution in [-0.4, -0.2) is 12.3 Å². The van der Waals surface area contributed by atoms with Gasteiger partial charge in [0.15, 0.2) is 0 Å². The van der Waals surface area contributed by atoms with E-state index in [1.165, 1.54) is 40.4 Å². The van der Waals surface area contributed by atoms with Gasteiger partial charge in [-0.2, -0.15) is 0 Å². The van der Waals surface area contributed by atoms with Crippen molar-refractivity contribution < 1.29 is 0 Å². The van der Waals surface area contributed by atoms with E-state index in [2.05, 4.69) is 53.4 Å². The van der Waals surface area contributed by atoms with E-state index < -0.39 is 0 Å². The molecule has 4 rings (SSSR count). The minimum Gasteiger partial charge on any atom is -0.362 e. The predicted octanol–water partition coefficient (Wildman–Crippen LogP) is 3.90. The van der Waals surface area contributed by atoms with Crippen LogP contribution >= 0.6 is 11.8 Å². The first-order chi connectivity index (χ1) is 8.93. The first-order valence-electron chi connectivity index (χ1n) is 6.50. The van der Waals surface area contributed by atoms with E-state index >= 15 is 0 Å². The molecule has 1 nitrogen and oxygen atoms in total. The third-order valence-electron chi connectivity index (χ3n) is 3.95. The smallest absolute Gasteiger partial charge is 0.0636 e. The van der Waals surface area contributed by atoms with E-state index in [0.29, 0.717) is 6.04 Å². The van der Waals surface area contributed by atoms with Gasteiger partial charge in [0, 0.05) is 17.2 Å². The number of anilines is 1. The SMILES string of the molecule is c1ccc(C2CSc3cccc4c3N2CC4)cc1. The van der Waals surface area contributed by atoms with Crippen molar-refractivity contribution in [3.05, 3.63) is 59.7 Å². The van der Waals surface area contributed by atoms with Gasteiger partial charge in [-0.25, -0.2) is 0 Å². The molecule has 0 radical (unpaired) electrons. The summed E-state index contributed by atoms with van der Waals surface area (Å²) in [7, 11) is 0. The molecule has 1 unspecified atom stereocenters. The van der Waals surface area contributed by atoms with Gasteiger partial charge >= 0.3 is 0 Å². The number of para-hydroxylation sites is 1. The van der Waals surface area contributed by atoms with Gasteiger partial charge in [-0.1, -0.05) is 42.5 Å². The summed E-state index contributed by atoms with van der Waals surface area (Å²) in [6.07, 6.45) is 1.20. The third-order valence-corrected chi connectivity index (χ3v) is 5.07. The second kappa shape index (κ2) is 4.06. The second-order valence-electron chi connectivity index (χ2n) is 4.94.